The second-order valence-electron chi connectivity index (χ2n) is 6.92. The van der Waals surface area contributed by atoms with Gasteiger partial charge < -0.3 is 4.74 Å². The Labute approximate surface area is 168 Å². The van der Waals surface area contributed by atoms with Crippen LogP contribution in [0.5, 0.6) is 5.75 Å². The second kappa shape index (κ2) is 7.02. The number of ether oxygens (including phenoxy) is 1. The molecule has 0 aliphatic rings. The van der Waals surface area contributed by atoms with Gasteiger partial charge in [0.25, 0.3) is 0 Å². The number of rotatable bonds is 4. The van der Waals surface area contributed by atoms with Crippen molar-refractivity contribution in [3.63, 3.8) is 0 Å². The number of imidazole rings is 1. The third-order valence-corrected chi connectivity index (χ3v) is 4.89. The number of aryl methyl sites for hydroxylation is 1. The number of hydrogen-bond acceptors (Lipinski definition) is 4. The molecule has 0 radical (unpaired) electrons. The lowest BCUT2D eigenvalue weighted by molar-refractivity contribution is 0.340. The van der Waals surface area contributed by atoms with Gasteiger partial charge in [0.1, 0.15) is 11.6 Å². The van der Waals surface area contributed by atoms with Gasteiger partial charge in [0.15, 0.2) is 11.3 Å². The molecular formula is C24H20N4O. The number of hydrogen-bond donors (Lipinski definition) is 0. The molecule has 0 aliphatic carbocycles. The van der Waals surface area contributed by atoms with Crippen molar-refractivity contribution >= 4 is 22.3 Å². The average Bonchev–Trinajstić information content (AvgIpc) is 3.11. The Morgan fingerprint density at radius 1 is 0.793 bits per heavy atom. The monoisotopic (exact) mass is 380 g/mol. The van der Waals surface area contributed by atoms with E-state index < -0.39 is 0 Å². The van der Waals surface area contributed by atoms with Crippen molar-refractivity contribution in [1.29, 1.82) is 0 Å². The molecule has 5 aromatic rings. The van der Waals surface area contributed by atoms with Crippen LogP contribution >= 0.6 is 0 Å². The fourth-order valence-electron chi connectivity index (χ4n) is 3.46. The lowest BCUT2D eigenvalue weighted by atomic mass is 10.1. The maximum Gasteiger partial charge on any atom is 0.199 e. The van der Waals surface area contributed by atoms with Gasteiger partial charge >= 0.3 is 0 Å². The Hall–Kier alpha value is -3.73. The molecule has 2 aromatic heterocycles. The van der Waals surface area contributed by atoms with Crippen LogP contribution in [0.2, 0.25) is 0 Å². The molecule has 29 heavy (non-hydrogen) atoms. The standard InChI is InChI=1S/C24H20N4O/c1-3-29-19-14-12-18(13-15-19)28-23(17-10-8-16(2)9-11-17)27-22-24(28)26-21-7-5-4-6-20(21)25-22/h4-15H,3H2,1-2H3. The van der Waals surface area contributed by atoms with E-state index in [1.807, 2.05) is 55.5 Å². The highest BCUT2D eigenvalue weighted by atomic mass is 16.5. The van der Waals surface area contributed by atoms with Crippen LogP contribution in [0.15, 0.2) is 72.8 Å². The minimum absolute atomic E-state index is 0.633. The van der Waals surface area contributed by atoms with Gasteiger partial charge in [0, 0.05) is 11.3 Å². The van der Waals surface area contributed by atoms with Crippen LogP contribution < -0.4 is 4.74 Å². The van der Waals surface area contributed by atoms with Gasteiger partial charge in [0.05, 0.1) is 17.6 Å². The average molecular weight is 380 g/mol. The van der Waals surface area contributed by atoms with Gasteiger partial charge in [0.2, 0.25) is 0 Å². The Bertz CT molecular complexity index is 1310. The van der Waals surface area contributed by atoms with Gasteiger partial charge in [-0.2, -0.15) is 0 Å². The van der Waals surface area contributed by atoms with E-state index in [-0.39, 0.29) is 0 Å². The first kappa shape index (κ1) is 17.4. The van der Waals surface area contributed by atoms with E-state index in [0.717, 1.165) is 39.5 Å². The van der Waals surface area contributed by atoms with Gasteiger partial charge in [-0.15, -0.1) is 0 Å². The molecule has 5 nitrogen and oxygen atoms in total. The molecule has 0 unspecified atom stereocenters. The zero-order chi connectivity index (χ0) is 19.8. The summed E-state index contributed by atoms with van der Waals surface area (Å²) >= 11 is 0. The van der Waals surface area contributed by atoms with Crippen LogP contribution in [-0.4, -0.2) is 26.1 Å². The minimum Gasteiger partial charge on any atom is -0.494 e. The van der Waals surface area contributed by atoms with E-state index in [4.69, 9.17) is 19.7 Å². The van der Waals surface area contributed by atoms with Gasteiger partial charge in [-0.05, 0) is 50.2 Å². The van der Waals surface area contributed by atoms with Crippen LogP contribution in [0.25, 0.3) is 39.4 Å². The highest BCUT2D eigenvalue weighted by molar-refractivity contribution is 5.86. The number of fused-ring (bicyclic) bond motifs is 2. The van der Waals surface area contributed by atoms with E-state index in [0.29, 0.717) is 12.3 Å². The van der Waals surface area contributed by atoms with Gasteiger partial charge in [-0.1, -0.05) is 42.0 Å². The summed E-state index contributed by atoms with van der Waals surface area (Å²) in [6.45, 7) is 4.70. The minimum atomic E-state index is 0.633. The number of aromatic nitrogens is 4. The lowest BCUT2D eigenvalue weighted by Crippen LogP contribution is -2.00. The van der Waals surface area contributed by atoms with Crippen molar-refractivity contribution in [2.45, 2.75) is 13.8 Å². The SMILES string of the molecule is CCOc1ccc(-n2c(-c3ccc(C)cc3)nc3nc4ccccc4nc32)cc1. The molecule has 0 bridgehead atoms. The molecule has 0 saturated heterocycles. The summed E-state index contributed by atoms with van der Waals surface area (Å²) in [5, 5.41) is 0. The summed E-state index contributed by atoms with van der Waals surface area (Å²) in [4.78, 5) is 14.5. The van der Waals surface area contributed by atoms with Gasteiger partial charge in [-0.3, -0.25) is 4.57 Å². The van der Waals surface area contributed by atoms with Crippen molar-refractivity contribution in [3.05, 3.63) is 78.4 Å². The maximum atomic E-state index is 5.60. The number of nitrogens with zero attached hydrogens (tertiary/aromatic N) is 4. The third-order valence-electron chi connectivity index (χ3n) is 4.89. The largest absolute Gasteiger partial charge is 0.494 e. The first-order valence-electron chi connectivity index (χ1n) is 9.68. The van der Waals surface area contributed by atoms with E-state index in [2.05, 4.69) is 35.8 Å². The molecule has 3 aromatic carbocycles. The Kier molecular flexibility index (Phi) is 4.21. The highest BCUT2D eigenvalue weighted by Crippen LogP contribution is 2.29. The third kappa shape index (κ3) is 3.10. The molecule has 5 rings (SSSR count). The zero-order valence-corrected chi connectivity index (χ0v) is 16.3. The molecule has 0 fully saturated rings. The summed E-state index contributed by atoms with van der Waals surface area (Å²) in [5.74, 6) is 1.66. The van der Waals surface area contributed by atoms with Crippen LogP contribution in [0, 0.1) is 6.92 Å². The summed E-state index contributed by atoms with van der Waals surface area (Å²) in [6, 6.07) is 24.2. The van der Waals surface area contributed by atoms with Crippen molar-refractivity contribution in [2.75, 3.05) is 6.61 Å². The Morgan fingerprint density at radius 3 is 2.17 bits per heavy atom. The number of para-hydroxylation sites is 2. The van der Waals surface area contributed by atoms with Crippen LogP contribution in [0.3, 0.4) is 0 Å². The van der Waals surface area contributed by atoms with E-state index in [9.17, 15) is 0 Å². The first-order valence-corrected chi connectivity index (χ1v) is 9.68. The predicted molar refractivity (Wildman–Crippen MR) is 116 cm³/mol. The molecule has 0 amide bonds. The van der Waals surface area contributed by atoms with E-state index >= 15 is 0 Å². The molecule has 0 aliphatic heterocycles. The fourth-order valence-corrected chi connectivity index (χ4v) is 3.46. The summed E-state index contributed by atoms with van der Waals surface area (Å²) < 4.78 is 7.66. The van der Waals surface area contributed by atoms with Gasteiger partial charge in [-0.25, -0.2) is 15.0 Å². The summed E-state index contributed by atoms with van der Waals surface area (Å²) in [7, 11) is 0. The maximum absolute atomic E-state index is 5.60. The summed E-state index contributed by atoms with van der Waals surface area (Å²) in [5.41, 5.74) is 6.26. The number of benzene rings is 3. The topological polar surface area (TPSA) is 52.8 Å². The van der Waals surface area contributed by atoms with Crippen molar-refractivity contribution in [3.8, 4) is 22.8 Å². The second-order valence-corrected chi connectivity index (χ2v) is 6.92. The molecule has 0 spiro atoms. The van der Waals surface area contributed by atoms with Crippen molar-refractivity contribution in [2.24, 2.45) is 0 Å². The van der Waals surface area contributed by atoms with Crippen LogP contribution in [0.4, 0.5) is 0 Å². The Balaban J connectivity index is 1.78. The molecule has 0 atom stereocenters. The molecule has 0 N–H and O–H groups in total. The Morgan fingerprint density at radius 2 is 1.48 bits per heavy atom. The molecule has 5 heteroatoms. The smallest absolute Gasteiger partial charge is 0.199 e. The molecule has 2 heterocycles. The van der Waals surface area contributed by atoms with E-state index in [1.54, 1.807) is 0 Å². The predicted octanol–water partition coefficient (Wildman–Crippen LogP) is 5.34. The summed E-state index contributed by atoms with van der Waals surface area (Å²) in [6.07, 6.45) is 0. The van der Waals surface area contributed by atoms with Crippen molar-refractivity contribution < 1.29 is 4.74 Å². The normalized spacial score (nSPS) is 11.2. The quantitative estimate of drug-likeness (QED) is 0.422. The van der Waals surface area contributed by atoms with Crippen LogP contribution in [0.1, 0.15) is 12.5 Å². The van der Waals surface area contributed by atoms with Crippen molar-refractivity contribution in [1.82, 2.24) is 19.5 Å². The lowest BCUT2D eigenvalue weighted by Gasteiger charge is -2.10. The van der Waals surface area contributed by atoms with Crippen LogP contribution in [-0.2, 0) is 0 Å². The molecule has 142 valence electrons. The molecule has 0 saturated carbocycles. The van der Waals surface area contributed by atoms with E-state index in [1.165, 1.54) is 5.56 Å². The highest BCUT2D eigenvalue weighted by Gasteiger charge is 2.17. The molecular weight excluding hydrogens is 360 g/mol. The fraction of sp³-hybridized carbons (Fsp3) is 0.125. The first-order chi connectivity index (χ1) is 14.2. The zero-order valence-electron chi connectivity index (χ0n) is 16.3.